The Hall–Kier alpha value is -1.68. The molecule has 5 nitrogen and oxygen atoms in total. The number of hydrogen-bond acceptors (Lipinski definition) is 4. The van der Waals surface area contributed by atoms with Crippen molar-refractivity contribution in [1.82, 2.24) is 0 Å². The maximum atomic E-state index is 12.1. The highest BCUT2D eigenvalue weighted by Crippen LogP contribution is 2.32. The molecule has 26 heavy (non-hydrogen) atoms. The summed E-state index contributed by atoms with van der Waals surface area (Å²) in [7, 11) is 0. The Morgan fingerprint density at radius 2 is 2.12 bits per heavy atom. The molecular weight excluding hydrogens is 332 g/mol. The maximum Gasteiger partial charge on any atom is 0.338 e. The first-order valence-electron chi connectivity index (χ1n) is 9.55. The van der Waals surface area contributed by atoms with E-state index in [-0.39, 0.29) is 17.6 Å². The van der Waals surface area contributed by atoms with E-state index in [1.807, 2.05) is 0 Å². The summed E-state index contributed by atoms with van der Waals surface area (Å²) in [6, 6.07) is 0. The summed E-state index contributed by atoms with van der Waals surface area (Å²) < 4.78 is 0. The molecule has 146 valence electrons. The van der Waals surface area contributed by atoms with Gasteiger partial charge in [-0.05, 0) is 50.7 Å². The zero-order valence-corrected chi connectivity index (χ0v) is 15.9. The van der Waals surface area contributed by atoms with Crippen LogP contribution in [0.1, 0.15) is 65.2 Å². The largest absolute Gasteiger partial charge is 0.479 e. The van der Waals surface area contributed by atoms with E-state index in [0.29, 0.717) is 12.8 Å². The standard InChI is InChI=1S/C21H32O5/c1-3-4-5-6-7-8-11-16-14-15-18(22)17(16)12-9-10-13-19(23)21(2,26)20(24)25/h8-9,11,13,16-17,19,23,26H,3-7,12,14-15H2,1-2H3,(H,24,25)/t10?,16-,17+,19?,21?/m0/s1. The van der Waals surface area contributed by atoms with Gasteiger partial charge in [-0.25, -0.2) is 4.79 Å². The normalized spacial score (nSPS) is 23.5. The van der Waals surface area contributed by atoms with Crippen LogP contribution in [-0.4, -0.2) is 38.8 Å². The fourth-order valence-corrected chi connectivity index (χ4v) is 3.07. The number of ketones is 1. The molecule has 0 amide bonds. The summed E-state index contributed by atoms with van der Waals surface area (Å²) in [5.41, 5.74) is 0.448. The third-order valence-electron chi connectivity index (χ3n) is 5.01. The van der Waals surface area contributed by atoms with Gasteiger partial charge in [-0.1, -0.05) is 38.3 Å². The van der Waals surface area contributed by atoms with Gasteiger partial charge in [0.2, 0.25) is 0 Å². The number of hydrogen-bond donors (Lipinski definition) is 3. The quantitative estimate of drug-likeness (QED) is 0.297. The first kappa shape index (κ1) is 22.4. The molecule has 5 heteroatoms. The average Bonchev–Trinajstić information content (AvgIpc) is 2.94. The number of carboxylic acid groups (broad SMARTS) is 1. The second-order valence-electron chi connectivity index (χ2n) is 7.22. The number of allylic oxidation sites excluding steroid dienone is 2. The van der Waals surface area contributed by atoms with Crippen molar-refractivity contribution in [3.05, 3.63) is 30.0 Å². The van der Waals surface area contributed by atoms with Crippen LogP contribution in [0.25, 0.3) is 0 Å². The molecule has 3 N–H and O–H groups in total. The smallest absolute Gasteiger partial charge is 0.338 e. The molecule has 0 saturated heterocycles. The third-order valence-corrected chi connectivity index (χ3v) is 5.01. The molecule has 0 aromatic rings. The highest BCUT2D eigenvalue weighted by atomic mass is 16.4. The number of unbranched alkanes of at least 4 members (excludes halogenated alkanes) is 4. The first-order chi connectivity index (χ1) is 12.3. The molecule has 4 atom stereocenters. The van der Waals surface area contributed by atoms with Crippen LogP contribution in [0.2, 0.25) is 0 Å². The Bertz CT molecular complexity index is 555. The number of carboxylic acids is 1. The van der Waals surface area contributed by atoms with Crippen molar-refractivity contribution >= 4 is 11.8 Å². The minimum atomic E-state index is -2.26. The van der Waals surface area contributed by atoms with Gasteiger partial charge in [-0.15, -0.1) is 5.73 Å². The zero-order valence-electron chi connectivity index (χ0n) is 15.9. The van der Waals surface area contributed by atoms with Crippen molar-refractivity contribution < 1.29 is 24.9 Å². The van der Waals surface area contributed by atoms with Crippen LogP contribution < -0.4 is 0 Å². The summed E-state index contributed by atoms with van der Waals surface area (Å²) in [5.74, 6) is -1.11. The van der Waals surface area contributed by atoms with Gasteiger partial charge in [0.15, 0.2) is 5.60 Å². The monoisotopic (exact) mass is 364 g/mol. The van der Waals surface area contributed by atoms with Crippen LogP contribution in [0.4, 0.5) is 0 Å². The summed E-state index contributed by atoms with van der Waals surface area (Å²) in [5, 5.41) is 28.2. The molecule has 2 unspecified atom stereocenters. The minimum Gasteiger partial charge on any atom is -0.479 e. The Balaban J connectivity index is 2.55. The Labute approximate surface area is 156 Å². The van der Waals surface area contributed by atoms with Gasteiger partial charge in [0.1, 0.15) is 11.9 Å². The molecule has 0 heterocycles. The average molecular weight is 364 g/mol. The molecule has 0 aliphatic heterocycles. The van der Waals surface area contributed by atoms with Crippen LogP contribution in [0, 0.1) is 11.8 Å². The van der Waals surface area contributed by atoms with E-state index in [0.717, 1.165) is 25.8 Å². The van der Waals surface area contributed by atoms with E-state index in [1.54, 1.807) is 6.08 Å². The lowest BCUT2D eigenvalue weighted by Crippen LogP contribution is -2.45. The molecule has 1 saturated carbocycles. The van der Waals surface area contributed by atoms with Crippen LogP contribution in [0.15, 0.2) is 30.0 Å². The van der Waals surface area contributed by atoms with Crippen molar-refractivity contribution in [2.45, 2.75) is 76.9 Å². The van der Waals surface area contributed by atoms with Gasteiger partial charge in [-0.3, -0.25) is 4.79 Å². The van der Waals surface area contributed by atoms with Crippen LogP contribution in [0.3, 0.4) is 0 Å². The predicted octanol–water partition coefficient (Wildman–Crippen LogP) is 3.41. The SMILES string of the molecule is CCCCCCC=C[C@H]1CCC(=O)[C@@H]1CC=C=CC(O)C(C)(O)C(=O)O. The Morgan fingerprint density at radius 3 is 2.77 bits per heavy atom. The first-order valence-corrected chi connectivity index (χ1v) is 9.55. The molecule has 1 fully saturated rings. The number of Topliss-reactive ketones (excluding diaryl/α,β-unsaturated/α-hetero) is 1. The van der Waals surface area contributed by atoms with E-state index in [1.165, 1.54) is 25.7 Å². The Morgan fingerprint density at radius 1 is 1.38 bits per heavy atom. The molecule has 0 aromatic heterocycles. The number of aliphatic hydroxyl groups excluding tert-OH is 1. The summed E-state index contributed by atoms with van der Waals surface area (Å²) >= 11 is 0. The fraction of sp³-hybridized carbons (Fsp3) is 0.667. The van der Waals surface area contributed by atoms with E-state index in [2.05, 4.69) is 24.8 Å². The fourth-order valence-electron chi connectivity index (χ4n) is 3.07. The summed E-state index contributed by atoms with van der Waals surface area (Å²) in [4.78, 5) is 22.9. The molecule has 0 aromatic carbocycles. The highest BCUT2D eigenvalue weighted by Gasteiger charge is 2.37. The van der Waals surface area contributed by atoms with Crippen molar-refractivity contribution in [2.75, 3.05) is 0 Å². The number of aliphatic hydroxyl groups is 2. The molecule has 1 aliphatic carbocycles. The summed E-state index contributed by atoms with van der Waals surface area (Å²) in [6.45, 7) is 3.22. The second kappa shape index (κ2) is 11.1. The molecule has 0 spiro atoms. The van der Waals surface area contributed by atoms with Gasteiger partial charge in [0.25, 0.3) is 0 Å². The molecule has 0 bridgehead atoms. The van der Waals surface area contributed by atoms with Gasteiger partial charge in [0.05, 0.1) is 0 Å². The van der Waals surface area contributed by atoms with E-state index < -0.39 is 17.7 Å². The van der Waals surface area contributed by atoms with E-state index >= 15 is 0 Å². The van der Waals surface area contributed by atoms with Crippen molar-refractivity contribution in [3.63, 3.8) is 0 Å². The number of carbonyl (C=O) groups is 2. The second-order valence-corrected chi connectivity index (χ2v) is 7.22. The van der Waals surface area contributed by atoms with Gasteiger partial charge in [-0.2, -0.15) is 0 Å². The minimum absolute atomic E-state index is 0.0834. The van der Waals surface area contributed by atoms with Gasteiger partial charge >= 0.3 is 5.97 Å². The maximum absolute atomic E-state index is 12.1. The van der Waals surface area contributed by atoms with E-state index in [9.17, 15) is 19.8 Å². The third kappa shape index (κ3) is 6.91. The number of rotatable bonds is 11. The number of aliphatic carboxylic acids is 1. The predicted molar refractivity (Wildman–Crippen MR) is 101 cm³/mol. The lowest BCUT2D eigenvalue weighted by Gasteiger charge is -2.20. The molecule has 1 rings (SSSR count). The lowest BCUT2D eigenvalue weighted by molar-refractivity contribution is -0.164. The summed E-state index contributed by atoms with van der Waals surface area (Å²) in [6.07, 6.45) is 13.4. The van der Waals surface area contributed by atoms with E-state index in [4.69, 9.17) is 5.11 Å². The topological polar surface area (TPSA) is 94.8 Å². The molecule has 1 aliphatic rings. The molecule has 0 radical (unpaired) electrons. The van der Waals surface area contributed by atoms with Crippen molar-refractivity contribution in [3.8, 4) is 0 Å². The molecular formula is C21H32O5. The van der Waals surface area contributed by atoms with Crippen LogP contribution in [-0.2, 0) is 9.59 Å². The zero-order chi connectivity index (χ0) is 19.6. The van der Waals surface area contributed by atoms with Crippen molar-refractivity contribution in [1.29, 1.82) is 0 Å². The van der Waals surface area contributed by atoms with Gasteiger partial charge < -0.3 is 15.3 Å². The van der Waals surface area contributed by atoms with Crippen LogP contribution >= 0.6 is 0 Å². The highest BCUT2D eigenvalue weighted by molar-refractivity contribution is 5.83. The van der Waals surface area contributed by atoms with Crippen LogP contribution in [0.5, 0.6) is 0 Å². The lowest BCUT2D eigenvalue weighted by atomic mass is 9.91. The van der Waals surface area contributed by atoms with Crippen molar-refractivity contribution in [2.24, 2.45) is 11.8 Å². The Kier molecular flexibility index (Phi) is 9.57. The number of carbonyl (C=O) groups excluding carboxylic acids is 1. The van der Waals surface area contributed by atoms with Gasteiger partial charge in [0, 0.05) is 12.3 Å².